The van der Waals surface area contributed by atoms with Gasteiger partial charge in [-0.1, -0.05) is 29.8 Å². The summed E-state index contributed by atoms with van der Waals surface area (Å²) in [5.74, 6) is 1.61. The van der Waals surface area contributed by atoms with E-state index in [1.807, 2.05) is 54.3 Å². The number of halogens is 1. The molecule has 0 saturated carbocycles. The van der Waals surface area contributed by atoms with Crippen LogP contribution in [0.2, 0.25) is 5.02 Å². The molecule has 154 valence electrons. The smallest absolute Gasteiger partial charge is 0.228 e. The van der Waals surface area contributed by atoms with Crippen LogP contribution in [0.25, 0.3) is 0 Å². The maximum Gasteiger partial charge on any atom is 0.228 e. The zero-order valence-corrected chi connectivity index (χ0v) is 17.6. The molecular formula is C23H24ClN5O. The van der Waals surface area contributed by atoms with Crippen molar-refractivity contribution in [3.8, 4) is 0 Å². The molecule has 7 heteroatoms. The van der Waals surface area contributed by atoms with Gasteiger partial charge in [0.25, 0.3) is 0 Å². The monoisotopic (exact) mass is 421 g/mol. The number of aromatic nitrogens is 3. The van der Waals surface area contributed by atoms with Gasteiger partial charge in [-0.15, -0.1) is 0 Å². The highest BCUT2D eigenvalue weighted by molar-refractivity contribution is 6.30. The number of hydrogen-bond acceptors (Lipinski definition) is 5. The summed E-state index contributed by atoms with van der Waals surface area (Å²) in [4.78, 5) is 28.1. The summed E-state index contributed by atoms with van der Waals surface area (Å²) >= 11 is 5.94. The zero-order chi connectivity index (χ0) is 20.9. The average Bonchev–Trinajstić information content (AvgIpc) is 2.77. The van der Waals surface area contributed by atoms with E-state index >= 15 is 0 Å². The van der Waals surface area contributed by atoms with Gasteiger partial charge in [0.15, 0.2) is 0 Å². The molecule has 4 rings (SSSR count). The number of amides is 1. The molecule has 1 aliphatic rings. The van der Waals surface area contributed by atoms with E-state index in [1.54, 1.807) is 12.4 Å². The van der Waals surface area contributed by atoms with Gasteiger partial charge in [0.1, 0.15) is 5.82 Å². The van der Waals surface area contributed by atoms with Crippen LogP contribution in [0.4, 0.5) is 11.8 Å². The Morgan fingerprint density at radius 3 is 2.80 bits per heavy atom. The lowest BCUT2D eigenvalue weighted by molar-refractivity contribution is -0.131. The van der Waals surface area contributed by atoms with Crippen molar-refractivity contribution in [3.63, 3.8) is 0 Å². The highest BCUT2D eigenvalue weighted by Gasteiger charge is 2.26. The van der Waals surface area contributed by atoms with Crippen LogP contribution in [0.5, 0.6) is 0 Å². The number of benzene rings is 1. The summed E-state index contributed by atoms with van der Waals surface area (Å²) in [7, 11) is 0. The quantitative estimate of drug-likeness (QED) is 0.655. The van der Waals surface area contributed by atoms with E-state index in [9.17, 15) is 4.79 Å². The number of rotatable bonds is 5. The first kappa shape index (κ1) is 20.3. The van der Waals surface area contributed by atoms with Crippen molar-refractivity contribution in [1.29, 1.82) is 0 Å². The van der Waals surface area contributed by atoms with Crippen LogP contribution in [0.15, 0.2) is 54.9 Å². The van der Waals surface area contributed by atoms with Crippen molar-refractivity contribution in [3.05, 3.63) is 76.7 Å². The van der Waals surface area contributed by atoms with E-state index in [0.29, 0.717) is 23.9 Å². The molecule has 0 radical (unpaired) electrons. The van der Waals surface area contributed by atoms with Gasteiger partial charge in [0, 0.05) is 36.4 Å². The molecule has 1 fully saturated rings. The first-order chi connectivity index (χ1) is 14.6. The second-order valence-corrected chi connectivity index (χ2v) is 8.02. The van der Waals surface area contributed by atoms with Crippen LogP contribution >= 0.6 is 11.6 Å². The molecule has 1 amide bonds. The molecule has 2 aromatic heterocycles. The predicted molar refractivity (Wildman–Crippen MR) is 118 cm³/mol. The number of hydrogen-bond donors (Lipinski definition) is 1. The Hall–Kier alpha value is -2.99. The van der Waals surface area contributed by atoms with Gasteiger partial charge in [-0.2, -0.15) is 0 Å². The summed E-state index contributed by atoms with van der Waals surface area (Å²) in [6.07, 6.45) is 5.86. The molecule has 0 unspecified atom stereocenters. The van der Waals surface area contributed by atoms with Crippen molar-refractivity contribution in [2.75, 3.05) is 18.4 Å². The van der Waals surface area contributed by atoms with E-state index in [0.717, 1.165) is 42.0 Å². The third-order valence-electron chi connectivity index (χ3n) is 5.38. The first-order valence-corrected chi connectivity index (χ1v) is 10.5. The normalized spacial score (nSPS) is 16.3. The third-order valence-corrected chi connectivity index (χ3v) is 5.63. The lowest BCUT2D eigenvalue weighted by atomic mass is 9.94. The molecule has 1 atom stereocenters. The van der Waals surface area contributed by atoms with Gasteiger partial charge in [0.2, 0.25) is 11.9 Å². The molecule has 3 aromatic rings. The minimum Gasteiger partial charge on any atom is -0.342 e. The highest BCUT2D eigenvalue weighted by Crippen LogP contribution is 2.27. The SMILES string of the molecule is Cc1cccnc1Nc1nccc([C@@H]2CCCN(C(=O)Cc3ccc(Cl)cc3)C2)n1. The summed E-state index contributed by atoms with van der Waals surface area (Å²) in [5, 5.41) is 3.88. The molecule has 0 bridgehead atoms. The standard InChI is InChI=1S/C23H24ClN5O/c1-16-4-2-11-25-22(16)28-23-26-12-10-20(27-23)18-5-3-13-29(15-18)21(30)14-17-6-8-19(24)9-7-17/h2,4,6-12,18H,3,5,13-15H2,1H3,(H,25,26,27,28)/t18-/m1/s1. The third kappa shape index (κ3) is 4.94. The Labute approximate surface area is 181 Å². The number of nitrogens with zero attached hydrogens (tertiary/aromatic N) is 4. The molecular weight excluding hydrogens is 398 g/mol. The Morgan fingerprint density at radius 1 is 1.17 bits per heavy atom. The molecule has 30 heavy (non-hydrogen) atoms. The van der Waals surface area contributed by atoms with Gasteiger partial charge < -0.3 is 10.2 Å². The van der Waals surface area contributed by atoms with Crippen LogP contribution in [-0.4, -0.2) is 38.8 Å². The lowest BCUT2D eigenvalue weighted by Crippen LogP contribution is -2.40. The van der Waals surface area contributed by atoms with E-state index in [4.69, 9.17) is 16.6 Å². The molecule has 6 nitrogen and oxygen atoms in total. The summed E-state index contributed by atoms with van der Waals surface area (Å²) in [5.41, 5.74) is 2.96. The average molecular weight is 422 g/mol. The van der Waals surface area contributed by atoms with Gasteiger partial charge in [-0.05, 0) is 55.2 Å². The molecule has 1 aliphatic heterocycles. The van der Waals surface area contributed by atoms with Gasteiger partial charge in [0.05, 0.1) is 12.1 Å². The van der Waals surface area contributed by atoms with Crippen LogP contribution in [0.3, 0.4) is 0 Å². The number of likely N-dealkylation sites (tertiary alicyclic amines) is 1. The topological polar surface area (TPSA) is 71.0 Å². The number of piperidine rings is 1. The molecule has 0 aliphatic carbocycles. The fourth-order valence-corrected chi connectivity index (χ4v) is 3.84. The Morgan fingerprint density at radius 2 is 2.00 bits per heavy atom. The maximum absolute atomic E-state index is 12.8. The van der Waals surface area contributed by atoms with Crippen LogP contribution in [-0.2, 0) is 11.2 Å². The molecule has 0 spiro atoms. The predicted octanol–water partition coefficient (Wildman–Crippen LogP) is 4.53. The number of aryl methyl sites for hydroxylation is 1. The maximum atomic E-state index is 12.8. The van der Waals surface area contributed by atoms with Crippen LogP contribution < -0.4 is 5.32 Å². The summed E-state index contributed by atoms with van der Waals surface area (Å²) < 4.78 is 0. The molecule has 3 heterocycles. The summed E-state index contributed by atoms with van der Waals surface area (Å²) in [6.45, 7) is 3.45. The Kier molecular flexibility index (Phi) is 6.23. The number of carbonyl (C=O) groups is 1. The number of nitrogens with one attached hydrogen (secondary N) is 1. The van der Waals surface area contributed by atoms with E-state index in [1.165, 1.54) is 0 Å². The van der Waals surface area contributed by atoms with Gasteiger partial charge in [-0.3, -0.25) is 4.79 Å². The number of pyridine rings is 1. The van der Waals surface area contributed by atoms with Crippen molar-refractivity contribution >= 4 is 29.3 Å². The second kappa shape index (κ2) is 9.22. The molecule has 1 saturated heterocycles. The molecule has 1 aromatic carbocycles. The number of carbonyl (C=O) groups excluding carboxylic acids is 1. The lowest BCUT2D eigenvalue weighted by Gasteiger charge is -2.32. The van der Waals surface area contributed by atoms with Crippen LogP contribution in [0.1, 0.15) is 35.6 Å². The molecule has 1 N–H and O–H groups in total. The van der Waals surface area contributed by atoms with E-state index in [-0.39, 0.29) is 11.8 Å². The largest absolute Gasteiger partial charge is 0.342 e. The first-order valence-electron chi connectivity index (χ1n) is 10.1. The van der Waals surface area contributed by atoms with E-state index < -0.39 is 0 Å². The Bertz CT molecular complexity index is 1020. The fourth-order valence-electron chi connectivity index (χ4n) is 3.72. The van der Waals surface area contributed by atoms with Crippen molar-refractivity contribution < 1.29 is 4.79 Å². The van der Waals surface area contributed by atoms with E-state index in [2.05, 4.69) is 15.3 Å². The van der Waals surface area contributed by atoms with Gasteiger partial charge >= 0.3 is 0 Å². The van der Waals surface area contributed by atoms with Crippen molar-refractivity contribution in [2.45, 2.75) is 32.1 Å². The highest BCUT2D eigenvalue weighted by atomic mass is 35.5. The van der Waals surface area contributed by atoms with Crippen molar-refractivity contribution in [1.82, 2.24) is 19.9 Å². The van der Waals surface area contributed by atoms with Gasteiger partial charge in [-0.25, -0.2) is 15.0 Å². The minimum atomic E-state index is 0.138. The van der Waals surface area contributed by atoms with Crippen LogP contribution in [0, 0.1) is 6.92 Å². The summed E-state index contributed by atoms with van der Waals surface area (Å²) in [6, 6.07) is 13.3. The number of anilines is 2. The Balaban J connectivity index is 1.43. The van der Waals surface area contributed by atoms with Crippen molar-refractivity contribution in [2.24, 2.45) is 0 Å². The minimum absolute atomic E-state index is 0.138. The second-order valence-electron chi connectivity index (χ2n) is 7.58. The zero-order valence-electron chi connectivity index (χ0n) is 16.9. The fraction of sp³-hybridized carbons (Fsp3) is 0.304.